The van der Waals surface area contributed by atoms with E-state index in [0.29, 0.717) is 4.31 Å². The fourth-order valence-electron chi connectivity index (χ4n) is 4.26. The van der Waals surface area contributed by atoms with Crippen LogP contribution >= 0.6 is 0 Å². The van der Waals surface area contributed by atoms with Crippen molar-refractivity contribution in [2.24, 2.45) is 0 Å². The van der Waals surface area contributed by atoms with E-state index in [-0.39, 0.29) is 17.9 Å². The summed E-state index contributed by atoms with van der Waals surface area (Å²) in [4.78, 5) is 11.8. The molecule has 192 valence electrons. The van der Waals surface area contributed by atoms with Crippen molar-refractivity contribution in [3.8, 4) is 22.6 Å². The molecule has 4 aromatic rings. The zero-order valence-corrected chi connectivity index (χ0v) is 22.0. The van der Waals surface area contributed by atoms with Crippen molar-refractivity contribution < 1.29 is 23.1 Å². The maximum Gasteiger partial charge on any atom is 0.421 e. The Morgan fingerprint density at radius 1 is 0.946 bits per heavy atom. The maximum absolute atomic E-state index is 12.9. The van der Waals surface area contributed by atoms with Gasteiger partial charge >= 0.3 is 6.09 Å². The van der Waals surface area contributed by atoms with Crippen LogP contribution in [0.25, 0.3) is 16.8 Å². The van der Waals surface area contributed by atoms with Gasteiger partial charge in [0.2, 0.25) is 0 Å². The highest BCUT2D eigenvalue weighted by atomic mass is 32.2. The topological polar surface area (TPSA) is 102 Å². The fourth-order valence-corrected chi connectivity index (χ4v) is 5.53. The van der Waals surface area contributed by atoms with E-state index in [1.165, 1.54) is 12.1 Å². The lowest BCUT2D eigenvalue weighted by molar-refractivity contribution is 0.172. The number of nitrogens with zero attached hydrogens (tertiary/aromatic N) is 3. The third kappa shape index (κ3) is 5.36. The summed E-state index contributed by atoms with van der Waals surface area (Å²) in [7, 11) is -2.53. The van der Waals surface area contributed by atoms with Crippen molar-refractivity contribution in [1.29, 1.82) is 0 Å². The molecule has 3 aromatic carbocycles. The molecule has 1 heterocycles. The summed E-state index contributed by atoms with van der Waals surface area (Å²) in [5, 5.41) is 14.3. The van der Waals surface area contributed by atoms with Crippen molar-refractivity contribution in [3.05, 3.63) is 95.3 Å². The molecule has 0 unspecified atom stereocenters. The average Bonchev–Trinajstić information content (AvgIpc) is 3.18. The molecule has 1 N–H and O–H groups in total. The molecule has 9 heteroatoms. The molecule has 0 saturated carbocycles. The van der Waals surface area contributed by atoms with Gasteiger partial charge in [0.05, 0.1) is 23.4 Å². The Hall–Kier alpha value is -4.11. The SMILES string of the molecule is COc1ccc(-c2c(C)nn(-c3ccc(CCN(C(=O)O)S(=O)(=O)c4ccc(C)cc4)cc3)c2C)cc1. The van der Waals surface area contributed by atoms with Crippen LogP contribution in [0.4, 0.5) is 4.79 Å². The number of carbonyl (C=O) groups is 1. The Balaban J connectivity index is 1.52. The van der Waals surface area contributed by atoms with E-state index >= 15 is 0 Å². The molecule has 37 heavy (non-hydrogen) atoms. The molecular weight excluding hydrogens is 490 g/mol. The lowest BCUT2D eigenvalue weighted by Gasteiger charge is -2.19. The van der Waals surface area contributed by atoms with E-state index in [2.05, 4.69) is 0 Å². The second kappa shape index (κ2) is 10.5. The monoisotopic (exact) mass is 519 g/mol. The molecule has 4 rings (SSSR count). The van der Waals surface area contributed by atoms with Crippen LogP contribution < -0.4 is 4.74 Å². The maximum atomic E-state index is 12.9. The molecule has 0 spiro atoms. The number of hydrogen-bond acceptors (Lipinski definition) is 5. The molecule has 1 aromatic heterocycles. The minimum atomic E-state index is -4.17. The van der Waals surface area contributed by atoms with E-state index in [1.807, 2.05) is 74.0 Å². The van der Waals surface area contributed by atoms with Crippen molar-refractivity contribution in [2.45, 2.75) is 32.1 Å². The third-order valence-corrected chi connectivity index (χ3v) is 8.06. The first kappa shape index (κ1) is 26.0. The number of carboxylic acid groups (broad SMARTS) is 1. The number of aryl methyl sites for hydroxylation is 2. The van der Waals surface area contributed by atoms with Gasteiger partial charge in [0, 0.05) is 17.8 Å². The molecule has 0 aliphatic rings. The molecule has 0 radical (unpaired) electrons. The van der Waals surface area contributed by atoms with Crippen molar-refractivity contribution in [2.75, 3.05) is 13.7 Å². The van der Waals surface area contributed by atoms with Crippen LogP contribution in [0, 0.1) is 20.8 Å². The molecule has 0 bridgehead atoms. The van der Waals surface area contributed by atoms with Crippen LogP contribution in [0.15, 0.2) is 77.7 Å². The van der Waals surface area contributed by atoms with Gasteiger partial charge < -0.3 is 9.84 Å². The summed E-state index contributed by atoms with van der Waals surface area (Å²) in [5.41, 5.74) is 6.52. The second-order valence-corrected chi connectivity index (χ2v) is 10.6. The molecule has 0 atom stereocenters. The largest absolute Gasteiger partial charge is 0.497 e. The molecule has 0 aliphatic heterocycles. The molecule has 1 amide bonds. The van der Waals surface area contributed by atoms with Gasteiger partial charge in [-0.3, -0.25) is 0 Å². The van der Waals surface area contributed by atoms with Crippen molar-refractivity contribution >= 4 is 16.1 Å². The number of rotatable bonds is 8. The summed E-state index contributed by atoms with van der Waals surface area (Å²) in [6, 6.07) is 21.5. The van der Waals surface area contributed by atoms with Crippen LogP contribution in [0.3, 0.4) is 0 Å². The minimum absolute atomic E-state index is 0.0481. The van der Waals surface area contributed by atoms with E-state index in [4.69, 9.17) is 9.84 Å². The Morgan fingerprint density at radius 2 is 1.57 bits per heavy atom. The first-order valence-electron chi connectivity index (χ1n) is 11.7. The van der Waals surface area contributed by atoms with Gasteiger partial charge in [0.25, 0.3) is 10.0 Å². The summed E-state index contributed by atoms with van der Waals surface area (Å²) in [6.07, 6.45) is -1.27. The molecule has 0 aliphatic carbocycles. The van der Waals surface area contributed by atoms with Crippen LogP contribution in [0.5, 0.6) is 5.75 Å². The zero-order valence-electron chi connectivity index (χ0n) is 21.2. The predicted octanol–water partition coefficient (Wildman–Crippen LogP) is 5.38. The molecule has 0 fully saturated rings. The third-order valence-electron chi connectivity index (χ3n) is 6.28. The Morgan fingerprint density at radius 3 is 2.14 bits per heavy atom. The Labute approximate surface area is 216 Å². The number of methoxy groups -OCH3 is 1. The molecular formula is C28H29N3O5S. The first-order chi connectivity index (χ1) is 17.6. The van der Waals surface area contributed by atoms with Gasteiger partial charge in [-0.25, -0.2) is 22.2 Å². The van der Waals surface area contributed by atoms with Gasteiger partial charge in [-0.1, -0.05) is 42.0 Å². The lowest BCUT2D eigenvalue weighted by atomic mass is 10.0. The van der Waals surface area contributed by atoms with E-state index < -0.39 is 16.1 Å². The second-order valence-electron chi connectivity index (χ2n) is 8.78. The van der Waals surface area contributed by atoms with Crippen LogP contribution in [-0.2, 0) is 16.4 Å². The van der Waals surface area contributed by atoms with Crippen molar-refractivity contribution in [3.63, 3.8) is 0 Å². The lowest BCUT2D eigenvalue weighted by Crippen LogP contribution is -2.37. The number of aromatic nitrogens is 2. The Kier molecular flexibility index (Phi) is 7.35. The molecule has 8 nitrogen and oxygen atoms in total. The Bertz CT molecular complexity index is 1510. The predicted molar refractivity (Wildman–Crippen MR) is 142 cm³/mol. The smallest absolute Gasteiger partial charge is 0.421 e. The average molecular weight is 520 g/mol. The van der Waals surface area contributed by atoms with Gasteiger partial charge in [0.1, 0.15) is 5.75 Å². The number of benzene rings is 3. The van der Waals surface area contributed by atoms with Gasteiger partial charge in [-0.2, -0.15) is 5.10 Å². The van der Waals surface area contributed by atoms with Gasteiger partial charge in [0.15, 0.2) is 0 Å². The van der Waals surface area contributed by atoms with E-state index in [0.717, 1.165) is 45.1 Å². The van der Waals surface area contributed by atoms with Crippen LogP contribution in [-0.4, -0.2) is 47.4 Å². The molecule has 0 saturated heterocycles. The number of amides is 1. The van der Waals surface area contributed by atoms with Crippen LogP contribution in [0.1, 0.15) is 22.5 Å². The highest BCUT2D eigenvalue weighted by molar-refractivity contribution is 7.89. The minimum Gasteiger partial charge on any atom is -0.497 e. The van der Waals surface area contributed by atoms with E-state index in [1.54, 1.807) is 19.2 Å². The van der Waals surface area contributed by atoms with Gasteiger partial charge in [-0.05, 0) is 74.7 Å². The zero-order chi connectivity index (χ0) is 26.7. The fraction of sp³-hybridized carbons (Fsp3) is 0.214. The first-order valence-corrected chi connectivity index (χ1v) is 13.2. The number of hydrogen-bond donors (Lipinski definition) is 1. The van der Waals surface area contributed by atoms with E-state index in [9.17, 15) is 18.3 Å². The number of sulfonamides is 1. The summed E-state index contributed by atoms with van der Waals surface area (Å²) in [5.74, 6) is 0.787. The normalized spacial score (nSPS) is 11.4. The standard InChI is InChI=1S/C28H29N3O5S/c1-19-5-15-26(16-6-19)37(34,35)30(28(32)33)18-17-22-7-11-24(12-8-22)31-21(3)27(20(2)29-31)23-9-13-25(36-4)14-10-23/h5-16H,17-18H2,1-4H3,(H,32,33). The quantitative estimate of drug-likeness (QED) is 0.335. The van der Waals surface area contributed by atoms with Crippen molar-refractivity contribution in [1.82, 2.24) is 14.1 Å². The summed E-state index contributed by atoms with van der Waals surface area (Å²) < 4.78 is 33.4. The summed E-state index contributed by atoms with van der Waals surface area (Å²) in [6.45, 7) is 5.62. The summed E-state index contributed by atoms with van der Waals surface area (Å²) >= 11 is 0. The van der Waals surface area contributed by atoms with Gasteiger partial charge in [-0.15, -0.1) is 0 Å². The highest BCUT2D eigenvalue weighted by Crippen LogP contribution is 2.30. The highest BCUT2D eigenvalue weighted by Gasteiger charge is 2.28. The number of ether oxygens (including phenoxy) is 1. The van der Waals surface area contributed by atoms with Crippen LogP contribution in [0.2, 0.25) is 0 Å².